The van der Waals surface area contributed by atoms with E-state index in [0.29, 0.717) is 25.7 Å². The summed E-state index contributed by atoms with van der Waals surface area (Å²) in [5.74, 6) is -13.7. The molecule has 36 nitrogen and oxygen atoms in total. The second-order valence-electron chi connectivity index (χ2n) is 25.2. The molecule has 30 N–H and O–H groups in total. The number of primary amides is 3. The number of nitrogens with two attached hydrogens (primary N) is 7. The summed E-state index contributed by atoms with van der Waals surface area (Å²) in [6.07, 6.45) is -1.20. The molecule has 0 unspecified atom stereocenters. The number of aliphatic hydroxyl groups is 2. The first-order valence-electron chi connectivity index (χ1n) is 32.7. The largest absolute Gasteiger partial charge is 0.394 e. The van der Waals surface area contributed by atoms with Crippen molar-refractivity contribution in [2.24, 2.45) is 63.8 Å². The van der Waals surface area contributed by atoms with Gasteiger partial charge in [-0.15, -0.1) is 0 Å². The number of carbonyl (C=O) groups excluding carboxylic acids is 13. The lowest BCUT2D eigenvalue weighted by molar-refractivity contribution is -0.137. The Bertz CT molecular complexity index is 2560. The van der Waals surface area contributed by atoms with E-state index in [-0.39, 0.29) is 121 Å². The summed E-state index contributed by atoms with van der Waals surface area (Å²) in [6, 6.07) is -14.7. The predicted molar refractivity (Wildman–Crippen MR) is 356 cm³/mol. The molecule has 0 heterocycles. The van der Waals surface area contributed by atoms with Gasteiger partial charge >= 0.3 is 0 Å². The molecule has 0 bridgehead atoms. The van der Waals surface area contributed by atoms with Crippen molar-refractivity contribution in [2.45, 2.75) is 231 Å². The van der Waals surface area contributed by atoms with Gasteiger partial charge in [-0.05, 0) is 134 Å². The highest BCUT2D eigenvalue weighted by Crippen LogP contribution is 2.15. The fourth-order valence-corrected chi connectivity index (χ4v) is 9.65. The summed E-state index contributed by atoms with van der Waals surface area (Å²) in [5.41, 5.74) is 38.7. The first-order chi connectivity index (χ1) is 45.0. The average Bonchev–Trinajstić information content (AvgIpc) is 0.934. The van der Waals surface area contributed by atoms with Crippen molar-refractivity contribution >= 4 is 88.7 Å². The van der Waals surface area contributed by atoms with Gasteiger partial charge in [0.2, 0.25) is 76.8 Å². The van der Waals surface area contributed by atoms with Gasteiger partial charge < -0.3 is 114 Å². The fraction of sp³-hybridized carbons (Fsp3) is 0.750. The van der Waals surface area contributed by atoms with Crippen LogP contribution in [0.3, 0.4) is 0 Å². The third-order valence-electron chi connectivity index (χ3n) is 14.9. The normalized spacial score (nSPS) is 14.9. The second kappa shape index (κ2) is 47.4. The molecule has 96 heavy (non-hydrogen) atoms. The third-order valence-corrected chi connectivity index (χ3v) is 14.9. The number of hydrogen-bond acceptors (Lipinski definition) is 19. The van der Waals surface area contributed by atoms with Crippen molar-refractivity contribution in [3.8, 4) is 0 Å². The number of aliphatic hydroxyl groups excluding tert-OH is 2. The molecule has 12 atom stereocenters. The van der Waals surface area contributed by atoms with Crippen LogP contribution >= 0.6 is 0 Å². The summed E-state index contributed by atoms with van der Waals surface area (Å²) in [6.45, 7) is 13.0. The van der Waals surface area contributed by atoms with Crippen LogP contribution in [0, 0.1) is 34.5 Å². The van der Waals surface area contributed by atoms with Crippen LogP contribution in [0.4, 0.5) is 0 Å². The lowest BCUT2D eigenvalue weighted by Crippen LogP contribution is -2.62. The number of carbonyl (C=O) groups is 13. The maximum atomic E-state index is 14.6. The molecule has 0 rings (SSSR count). The highest BCUT2D eigenvalue weighted by Gasteiger charge is 2.37. The Balaban J connectivity index is 7.11. The molecule has 0 aromatic carbocycles. The van der Waals surface area contributed by atoms with E-state index < -0.39 is 175 Å². The van der Waals surface area contributed by atoms with E-state index >= 15 is 0 Å². The first kappa shape index (κ1) is 87.5. The van der Waals surface area contributed by atoms with Crippen LogP contribution in [0.2, 0.25) is 0 Å². The van der Waals surface area contributed by atoms with Crippen molar-refractivity contribution in [1.29, 1.82) is 10.8 Å². The van der Waals surface area contributed by atoms with E-state index in [1.54, 1.807) is 48.5 Å². The molecule has 0 aromatic rings. The smallest absolute Gasteiger partial charge is 0.245 e. The molecule has 0 spiro atoms. The minimum absolute atomic E-state index is 0.00998. The highest BCUT2D eigenvalue weighted by atomic mass is 16.3. The number of nitrogens with one attached hydrogen (secondary N) is 14. The maximum Gasteiger partial charge on any atom is 0.245 e. The SMILES string of the molecule is CC(C)C[C@H](NC(=O)[C@@H](NC(=O)[C@H](CO)NC(=O)[C@H](CCCCN)NC(=O)[C@H](CC(C)C)NC(=O)[C@H](CC(C)C)NC(=O)[C@H](CCCCN)NC(=O)[C@H](CCCNC(=N)N)NC(=O)[C@H](CCC(N)=O)NC(=O)[C@H](CCC(N)=O)NC(=O)[C@@H](C)CCCNC(=N)N)[C@@H](C)O)C(N)=O. The van der Waals surface area contributed by atoms with Crippen LogP contribution in [0.25, 0.3) is 0 Å². The molecule has 0 saturated carbocycles. The number of unbranched alkanes of at least 4 members (excludes halogenated alkanes) is 2. The van der Waals surface area contributed by atoms with Crippen LogP contribution < -0.4 is 104 Å². The molecule has 13 amide bonds. The highest BCUT2D eigenvalue weighted by molar-refractivity contribution is 5.99. The number of amides is 13. The second-order valence-corrected chi connectivity index (χ2v) is 25.2. The molecule has 0 aromatic heterocycles. The molecule has 0 aliphatic heterocycles. The first-order valence-corrected chi connectivity index (χ1v) is 32.7. The average molecular weight is 1370 g/mol. The van der Waals surface area contributed by atoms with Crippen LogP contribution in [0.15, 0.2) is 0 Å². The molecule has 548 valence electrons. The summed E-state index contributed by atoms with van der Waals surface area (Å²) < 4.78 is 0. The van der Waals surface area contributed by atoms with Gasteiger partial charge in [0.25, 0.3) is 0 Å². The van der Waals surface area contributed by atoms with Crippen LogP contribution in [0.5, 0.6) is 0 Å². The molecule has 0 saturated heterocycles. The van der Waals surface area contributed by atoms with Crippen LogP contribution in [0.1, 0.15) is 165 Å². The fourth-order valence-electron chi connectivity index (χ4n) is 9.65. The Morgan fingerprint density at radius 1 is 0.354 bits per heavy atom. The van der Waals surface area contributed by atoms with E-state index in [4.69, 9.17) is 51.0 Å². The quantitative estimate of drug-likeness (QED) is 0.0153. The van der Waals surface area contributed by atoms with Crippen molar-refractivity contribution in [3.63, 3.8) is 0 Å². The van der Waals surface area contributed by atoms with Crippen molar-refractivity contribution in [2.75, 3.05) is 32.8 Å². The lowest BCUT2D eigenvalue weighted by atomic mass is 9.99. The van der Waals surface area contributed by atoms with Gasteiger partial charge in [-0.25, -0.2) is 0 Å². The van der Waals surface area contributed by atoms with E-state index in [1.807, 2.05) is 0 Å². The Hall–Kier alpha value is -8.51. The standard InChI is InChI=1S/C60H113N21O15/c1-31(2)27-41(48(65)86)77-58(96)47(35(8)83)81-57(95)44(30-82)80-52(90)37(17-10-12-24-62)75-55(93)42(28-32(3)4)79-56(94)43(29-33(5)6)78-51(89)36(16-9-11-23-61)73-50(88)38(18-14-26-71-60(68)69)74-54(92)40(20-22-46(64)85)76-53(91)39(19-21-45(63)84)72-49(87)34(7)15-13-25-70-59(66)67/h31-44,47,82-83H,9-30,61-62H2,1-8H3,(H2,63,84)(H2,64,85)(H2,65,86)(H,72,87)(H,73,88)(H,74,92)(H,75,93)(H,76,91)(H,77,96)(H,78,89)(H,79,94)(H,80,90)(H,81,95)(H4,66,67,70)(H4,68,69,71)/t34-,35+,36-,37-,38-,39-,40-,41-,42-,43-,44-,47-/m0/s1. The van der Waals surface area contributed by atoms with Gasteiger partial charge in [0.05, 0.1) is 12.7 Å². The Labute approximate surface area is 561 Å². The molecule has 36 heteroatoms. The zero-order valence-electron chi connectivity index (χ0n) is 57.0. The van der Waals surface area contributed by atoms with Gasteiger partial charge in [0.15, 0.2) is 11.9 Å². The molecular formula is C60H113N21O15. The van der Waals surface area contributed by atoms with E-state index in [9.17, 15) is 72.5 Å². The number of hydrogen-bond donors (Lipinski definition) is 23. The maximum absolute atomic E-state index is 14.6. The Morgan fingerprint density at radius 2 is 0.646 bits per heavy atom. The van der Waals surface area contributed by atoms with Crippen LogP contribution in [-0.4, -0.2) is 198 Å². The van der Waals surface area contributed by atoms with Crippen molar-refractivity contribution in [3.05, 3.63) is 0 Å². The molecule has 0 radical (unpaired) electrons. The summed E-state index contributed by atoms with van der Waals surface area (Å²) in [5, 5.41) is 66.4. The molecular weight excluding hydrogens is 1250 g/mol. The molecule has 0 aliphatic rings. The number of rotatable bonds is 51. The molecule has 0 aliphatic carbocycles. The number of guanidine groups is 2. The van der Waals surface area contributed by atoms with Gasteiger partial charge in [-0.3, -0.25) is 73.1 Å². The van der Waals surface area contributed by atoms with E-state index in [1.165, 1.54) is 6.92 Å². The van der Waals surface area contributed by atoms with Gasteiger partial charge in [0.1, 0.15) is 60.4 Å². The van der Waals surface area contributed by atoms with Gasteiger partial charge in [0, 0.05) is 31.8 Å². The summed E-state index contributed by atoms with van der Waals surface area (Å²) in [4.78, 5) is 176. The molecule has 0 fully saturated rings. The Morgan fingerprint density at radius 3 is 0.969 bits per heavy atom. The zero-order valence-corrected chi connectivity index (χ0v) is 57.0. The lowest BCUT2D eigenvalue weighted by Gasteiger charge is -2.29. The summed E-state index contributed by atoms with van der Waals surface area (Å²) >= 11 is 0. The van der Waals surface area contributed by atoms with E-state index in [2.05, 4.69) is 63.8 Å². The minimum Gasteiger partial charge on any atom is -0.394 e. The predicted octanol–water partition coefficient (Wildman–Crippen LogP) is -6.22. The van der Waals surface area contributed by atoms with Crippen molar-refractivity contribution in [1.82, 2.24) is 63.8 Å². The topological polar surface area (TPSA) is 637 Å². The van der Waals surface area contributed by atoms with Crippen LogP contribution in [-0.2, 0) is 62.3 Å². The minimum atomic E-state index is -1.75. The third kappa shape index (κ3) is 37.5. The zero-order chi connectivity index (χ0) is 73.4. The monoisotopic (exact) mass is 1370 g/mol. The van der Waals surface area contributed by atoms with Gasteiger partial charge in [-0.2, -0.15) is 0 Å². The van der Waals surface area contributed by atoms with Gasteiger partial charge in [-0.1, -0.05) is 48.5 Å². The Kier molecular flexibility index (Phi) is 43.2. The summed E-state index contributed by atoms with van der Waals surface area (Å²) in [7, 11) is 0. The van der Waals surface area contributed by atoms with Crippen molar-refractivity contribution < 1.29 is 72.5 Å². The van der Waals surface area contributed by atoms with E-state index in [0.717, 1.165) is 0 Å².